The highest BCUT2D eigenvalue weighted by atomic mass is 16.6. The molecular formula is C22H23NO4. The quantitative estimate of drug-likeness (QED) is 0.725. The zero-order valence-electron chi connectivity index (χ0n) is 15.1. The highest BCUT2D eigenvalue weighted by Gasteiger charge is 2.36. The first-order valence-electron chi connectivity index (χ1n) is 9.09. The van der Waals surface area contributed by atoms with Crippen molar-refractivity contribution < 1.29 is 19.1 Å². The Morgan fingerprint density at radius 1 is 1.00 bits per heavy atom. The second-order valence-corrected chi connectivity index (χ2v) is 6.33. The molecule has 1 aliphatic rings. The van der Waals surface area contributed by atoms with Gasteiger partial charge >= 0.3 is 12.1 Å². The average Bonchev–Trinajstić information content (AvgIpc) is 3.21. The van der Waals surface area contributed by atoms with Crippen LogP contribution in [-0.2, 0) is 20.9 Å². The Kier molecular flexibility index (Phi) is 6.63. The lowest BCUT2D eigenvalue weighted by Crippen LogP contribution is -2.41. The van der Waals surface area contributed by atoms with Crippen LogP contribution in [0.3, 0.4) is 0 Å². The maximum atomic E-state index is 12.3. The van der Waals surface area contributed by atoms with Gasteiger partial charge in [-0.05, 0) is 30.0 Å². The maximum absolute atomic E-state index is 12.3. The summed E-state index contributed by atoms with van der Waals surface area (Å²) >= 11 is 0. The molecule has 3 rings (SSSR count). The van der Waals surface area contributed by atoms with Crippen LogP contribution in [0.25, 0.3) is 6.08 Å². The van der Waals surface area contributed by atoms with Crippen LogP contribution >= 0.6 is 0 Å². The van der Waals surface area contributed by atoms with Crippen molar-refractivity contribution >= 4 is 18.1 Å². The molecule has 0 aromatic heterocycles. The summed E-state index contributed by atoms with van der Waals surface area (Å²) in [4.78, 5) is 26.1. The number of likely N-dealkylation sites (tertiary alicyclic amines) is 1. The van der Waals surface area contributed by atoms with Gasteiger partial charge in [0.25, 0.3) is 0 Å². The SMILES string of the molecule is O=C(OC/C=C/c1ccccc1)[C@@H]1CCCN1C(=O)OCc1ccccc1. The topological polar surface area (TPSA) is 55.8 Å². The number of esters is 1. The largest absolute Gasteiger partial charge is 0.460 e. The predicted molar refractivity (Wildman–Crippen MR) is 103 cm³/mol. The maximum Gasteiger partial charge on any atom is 0.410 e. The van der Waals surface area contributed by atoms with Gasteiger partial charge in [-0.25, -0.2) is 9.59 Å². The lowest BCUT2D eigenvalue weighted by atomic mass is 10.2. The third kappa shape index (κ3) is 5.45. The Morgan fingerprint density at radius 2 is 1.70 bits per heavy atom. The molecule has 1 aliphatic heterocycles. The molecule has 1 amide bonds. The summed E-state index contributed by atoms with van der Waals surface area (Å²) in [5.74, 6) is -0.387. The molecule has 2 aromatic rings. The van der Waals surface area contributed by atoms with Gasteiger partial charge in [0.1, 0.15) is 19.3 Å². The molecule has 0 saturated carbocycles. The van der Waals surface area contributed by atoms with Gasteiger partial charge in [0.2, 0.25) is 0 Å². The summed E-state index contributed by atoms with van der Waals surface area (Å²) in [6.45, 7) is 0.877. The van der Waals surface area contributed by atoms with Gasteiger partial charge in [-0.3, -0.25) is 4.90 Å². The molecule has 0 radical (unpaired) electrons. The van der Waals surface area contributed by atoms with E-state index in [4.69, 9.17) is 9.47 Å². The molecule has 5 heteroatoms. The third-order valence-corrected chi connectivity index (χ3v) is 4.40. The Balaban J connectivity index is 1.47. The molecule has 1 saturated heterocycles. The number of amides is 1. The molecule has 1 atom stereocenters. The Labute approximate surface area is 159 Å². The lowest BCUT2D eigenvalue weighted by molar-refractivity contribution is -0.147. The van der Waals surface area contributed by atoms with Crippen LogP contribution in [0.2, 0.25) is 0 Å². The normalized spacial score (nSPS) is 16.4. The molecule has 27 heavy (non-hydrogen) atoms. The van der Waals surface area contributed by atoms with Crippen molar-refractivity contribution in [1.82, 2.24) is 4.90 Å². The lowest BCUT2D eigenvalue weighted by Gasteiger charge is -2.22. The number of ether oxygens (including phenoxy) is 2. The molecule has 0 N–H and O–H groups in total. The Hall–Kier alpha value is -3.08. The summed E-state index contributed by atoms with van der Waals surface area (Å²) in [6.07, 6.45) is 4.58. The van der Waals surface area contributed by atoms with Gasteiger partial charge in [0.15, 0.2) is 0 Å². The van der Waals surface area contributed by atoms with Gasteiger partial charge in [0, 0.05) is 6.54 Å². The highest BCUT2D eigenvalue weighted by Crippen LogP contribution is 2.20. The number of nitrogens with zero attached hydrogens (tertiary/aromatic N) is 1. The fourth-order valence-corrected chi connectivity index (χ4v) is 3.01. The van der Waals surface area contributed by atoms with E-state index in [1.54, 1.807) is 6.08 Å². The monoisotopic (exact) mass is 365 g/mol. The van der Waals surface area contributed by atoms with Crippen molar-refractivity contribution in [3.05, 3.63) is 77.9 Å². The van der Waals surface area contributed by atoms with E-state index in [1.807, 2.05) is 66.7 Å². The fraction of sp³-hybridized carbons (Fsp3) is 0.273. The van der Waals surface area contributed by atoms with Gasteiger partial charge in [-0.2, -0.15) is 0 Å². The summed E-state index contributed by atoms with van der Waals surface area (Å²) in [5.41, 5.74) is 1.95. The van der Waals surface area contributed by atoms with Crippen LogP contribution in [0.1, 0.15) is 24.0 Å². The molecule has 0 unspecified atom stereocenters. The predicted octanol–water partition coefficient (Wildman–Crippen LogP) is 4.04. The van der Waals surface area contributed by atoms with Crippen molar-refractivity contribution in [3.63, 3.8) is 0 Å². The second kappa shape index (κ2) is 9.57. The van der Waals surface area contributed by atoms with Crippen molar-refractivity contribution in [2.75, 3.05) is 13.2 Å². The van der Waals surface area contributed by atoms with Gasteiger partial charge in [-0.15, -0.1) is 0 Å². The van der Waals surface area contributed by atoms with Crippen LogP contribution < -0.4 is 0 Å². The number of carbonyl (C=O) groups excluding carboxylic acids is 2. The van der Waals surface area contributed by atoms with E-state index in [1.165, 1.54) is 4.90 Å². The number of rotatable bonds is 6. The van der Waals surface area contributed by atoms with E-state index in [0.29, 0.717) is 13.0 Å². The van der Waals surface area contributed by atoms with Crippen LogP contribution in [-0.4, -0.2) is 36.2 Å². The summed E-state index contributed by atoms with van der Waals surface area (Å²) in [6, 6.07) is 18.7. The van der Waals surface area contributed by atoms with E-state index >= 15 is 0 Å². The minimum Gasteiger partial charge on any atom is -0.460 e. The van der Waals surface area contributed by atoms with Crippen molar-refractivity contribution in [1.29, 1.82) is 0 Å². The Morgan fingerprint density at radius 3 is 2.44 bits per heavy atom. The number of hydrogen-bond acceptors (Lipinski definition) is 4. The first-order valence-corrected chi connectivity index (χ1v) is 9.09. The first-order chi connectivity index (χ1) is 13.2. The minimum absolute atomic E-state index is 0.178. The number of benzene rings is 2. The molecule has 1 heterocycles. The van der Waals surface area contributed by atoms with Gasteiger partial charge in [-0.1, -0.05) is 66.7 Å². The standard InChI is InChI=1S/C22H23NO4/c24-21(26-16-8-13-18-9-3-1-4-10-18)20-14-7-15-23(20)22(25)27-17-19-11-5-2-6-12-19/h1-6,8-13,20H,7,14-17H2/b13-8+/t20-/m0/s1. The van der Waals surface area contributed by atoms with Crippen molar-refractivity contribution in [2.24, 2.45) is 0 Å². The van der Waals surface area contributed by atoms with Gasteiger partial charge in [0.05, 0.1) is 0 Å². The molecule has 0 spiro atoms. The van der Waals surface area contributed by atoms with Crippen molar-refractivity contribution in [2.45, 2.75) is 25.5 Å². The van der Waals surface area contributed by atoms with Crippen LogP contribution in [0.4, 0.5) is 4.79 Å². The zero-order valence-corrected chi connectivity index (χ0v) is 15.1. The molecule has 1 fully saturated rings. The minimum atomic E-state index is -0.571. The first kappa shape index (κ1) is 18.7. The van der Waals surface area contributed by atoms with Crippen LogP contribution in [0, 0.1) is 0 Å². The Bertz CT molecular complexity index is 773. The smallest absolute Gasteiger partial charge is 0.410 e. The van der Waals surface area contributed by atoms with Crippen LogP contribution in [0.15, 0.2) is 66.7 Å². The second-order valence-electron chi connectivity index (χ2n) is 6.33. The summed E-state index contributed by atoms with van der Waals surface area (Å²) in [5, 5.41) is 0. The third-order valence-electron chi connectivity index (χ3n) is 4.40. The van der Waals surface area contributed by atoms with E-state index in [-0.39, 0.29) is 19.2 Å². The molecule has 0 bridgehead atoms. The molecule has 140 valence electrons. The zero-order chi connectivity index (χ0) is 18.9. The molecular weight excluding hydrogens is 342 g/mol. The molecule has 0 aliphatic carbocycles. The van der Waals surface area contributed by atoms with E-state index in [2.05, 4.69) is 0 Å². The van der Waals surface area contributed by atoms with E-state index < -0.39 is 12.1 Å². The summed E-state index contributed by atoms with van der Waals surface area (Å²) in [7, 11) is 0. The highest BCUT2D eigenvalue weighted by molar-refractivity contribution is 5.82. The number of hydrogen-bond donors (Lipinski definition) is 0. The molecule has 5 nitrogen and oxygen atoms in total. The fourth-order valence-electron chi connectivity index (χ4n) is 3.01. The average molecular weight is 365 g/mol. The van der Waals surface area contributed by atoms with E-state index in [0.717, 1.165) is 17.5 Å². The van der Waals surface area contributed by atoms with Crippen LogP contribution in [0.5, 0.6) is 0 Å². The summed E-state index contributed by atoms with van der Waals surface area (Å²) < 4.78 is 10.7. The van der Waals surface area contributed by atoms with E-state index in [9.17, 15) is 9.59 Å². The molecule has 2 aromatic carbocycles. The van der Waals surface area contributed by atoms with Gasteiger partial charge < -0.3 is 9.47 Å². The van der Waals surface area contributed by atoms with Crippen molar-refractivity contribution in [3.8, 4) is 0 Å². The number of carbonyl (C=O) groups is 2.